The molecule has 1 aromatic heterocycles. The minimum absolute atomic E-state index is 0.0695. The van der Waals surface area contributed by atoms with Gasteiger partial charge in [-0.15, -0.1) is 0 Å². The van der Waals surface area contributed by atoms with Gasteiger partial charge in [0.1, 0.15) is 0 Å². The number of aromatic nitrogens is 1. The van der Waals surface area contributed by atoms with E-state index in [1.165, 1.54) is 18.5 Å². The molecule has 3 nitrogen and oxygen atoms in total. The van der Waals surface area contributed by atoms with E-state index in [1.54, 1.807) is 0 Å². The molecule has 3 rings (SSSR count). The Hall–Kier alpha value is -1.71. The lowest BCUT2D eigenvalue weighted by Crippen LogP contribution is -2.28. The standard InChI is InChI=1S/C17H20N2O/c20-12-13-4-1-5-14(10-13)16-7-2-8-17(19-16)15-6-3-9-18-11-15/h1-2,4-5,7-8,10,15,18,20H,3,6,9,11-12H2. The van der Waals surface area contributed by atoms with Gasteiger partial charge >= 0.3 is 0 Å². The second-order valence-electron chi connectivity index (χ2n) is 5.35. The Kier molecular flexibility index (Phi) is 4.09. The fourth-order valence-corrected chi connectivity index (χ4v) is 2.77. The average molecular weight is 268 g/mol. The smallest absolute Gasteiger partial charge is 0.0705 e. The molecular formula is C17H20N2O. The van der Waals surface area contributed by atoms with Crippen LogP contribution in [0, 0.1) is 0 Å². The highest BCUT2D eigenvalue weighted by Gasteiger charge is 2.16. The second kappa shape index (κ2) is 6.16. The van der Waals surface area contributed by atoms with Crippen LogP contribution in [0.4, 0.5) is 0 Å². The molecule has 1 aliphatic heterocycles. The van der Waals surface area contributed by atoms with Crippen LogP contribution in [0.1, 0.15) is 30.0 Å². The van der Waals surface area contributed by atoms with Crippen molar-refractivity contribution < 1.29 is 5.11 Å². The van der Waals surface area contributed by atoms with Crippen molar-refractivity contribution in [1.29, 1.82) is 0 Å². The van der Waals surface area contributed by atoms with Crippen LogP contribution in [-0.2, 0) is 6.61 Å². The molecule has 3 heteroatoms. The number of aliphatic hydroxyl groups is 1. The number of rotatable bonds is 3. The number of aliphatic hydroxyl groups excluding tert-OH is 1. The minimum atomic E-state index is 0.0695. The Labute approximate surface area is 119 Å². The maximum Gasteiger partial charge on any atom is 0.0705 e. The minimum Gasteiger partial charge on any atom is -0.392 e. The number of pyridine rings is 1. The van der Waals surface area contributed by atoms with Gasteiger partial charge in [-0.25, -0.2) is 0 Å². The lowest BCUT2D eigenvalue weighted by Gasteiger charge is -2.22. The van der Waals surface area contributed by atoms with Gasteiger partial charge in [0, 0.05) is 23.7 Å². The van der Waals surface area contributed by atoms with E-state index < -0.39 is 0 Å². The predicted molar refractivity (Wildman–Crippen MR) is 80.4 cm³/mol. The summed E-state index contributed by atoms with van der Waals surface area (Å²) >= 11 is 0. The SMILES string of the molecule is OCc1cccc(-c2cccc(C3CCCNC3)n2)c1. The number of nitrogens with one attached hydrogen (secondary N) is 1. The van der Waals surface area contributed by atoms with E-state index in [-0.39, 0.29) is 6.61 Å². The number of benzene rings is 1. The lowest BCUT2D eigenvalue weighted by atomic mass is 9.95. The van der Waals surface area contributed by atoms with E-state index in [0.29, 0.717) is 5.92 Å². The molecule has 2 aromatic rings. The van der Waals surface area contributed by atoms with Gasteiger partial charge in [-0.1, -0.05) is 24.3 Å². The number of nitrogens with zero attached hydrogens (tertiary/aromatic N) is 1. The zero-order valence-corrected chi connectivity index (χ0v) is 11.5. The molecule has 0 aliphatic carbocycles. The molecular weight excluding hydrogens is 248 g/mol. The summed E-state index contributed by atoms with van der Waals surface area (Å²) in [5.41, 5.74) is 4.16. The summed E-state index contributed by atoms with van der Waals surface area (Å²) < 4.78 is 0. The maximum atomic E-state index is 9.24. The second-order valence-corrected chi connectivity index (χ2v) is 5.35. The molecule has 104 valence electrons. The summed E-state index contributed by atoms with van der Waals surface area (Å²) in [5.74, 6) is 0.518. The highest BCUT2D eigenvalue weighted by molar-refractivity contribution is 5.60. The van der Waals surface area contributed by atoms with Crippen molar-refractivity contribution in [3.8, 4) is 11.3 Å². The van der Waals surface area contributed by atoms with Crippen LogP contribution < -0.4 is 5.32 Å². The van der Waals surface area contributed by atoms with Crippen molar-refractivity contribution in [1.82, 2.24) is 10.3 Å². The summed E-state index contributed by atoms with van der Waals surface area (Å²) in [5, 5.41) is 12.7. The fraction of sp³-hybridized carbons (Fsp3) is 0.353. The van der Waals surface area contributed by atoms with E-state index in [2.05, 4.69) is 17.4 Å². The van der Waals surface area contributed by atoms with Crippen molar-refractivity contribution in [2.75, 3.05) is 13.1 Å². The normalized spacial score (nSPS) is 18.9. The van der Waals surface area contributed by atoms with Crippen molar-refractivity contribution in [2.45, 2.75) is 25.4 Å². The molecule has 1 fully saturated rings. The quantitative estimate of drug-likeness (QED) is 0.899. The molecule has 0 spiro atoms. The zero-order valence-electron chi connectivity index (χ0n) is 11.5. The van der Waals surface area contributed by atoms with Crippen LogP contribution in [0.15, 0.2) is 42.5 Å². The Balaban J connectivity index is 1.89. The van der Waals surface area contributed by atoms with E-state index in [0.717, 1.165) is 29.9 Å². The molecule has 1 atom stereocenters. The third-order valence-corrected chi connectivity index (χ3v) is 3.89. The summed E-state index contributed by atoms with van der Waals surface area (Å²) in [6.45, 7) is 2.21. The van der Waals surface area contributed by atoms with E-state index >= 15 is 0 Å². The van der Waals surface area contributed by atoms with Crippen LogP contribution in [0.3, 0.4) is 0 Å². The van der Waals surface area contributed by atoms with Gasteiger partial charge in [0.15, 0.2) is 0 Å². The highest BCUT2D eigenvalue weighted by atomic mass is 16.3. The first-order chi connectivity index (χ1) is 9.86. The average Bonchev–Trinajstić information content (AvgIpc) is 2.56. The topological polar surface area (TPSA) is 45.1 Å². The monoisotopic (exact) mass is 268 g/mol. The van der Waals surface area contributed by atoms with Gasteiger partial charge in [-0.2, -0.15) is 0 Å². The number of hydrogen-bond acceptors (Lipinski definition) is 3. The Morgan fingerprint density at radius 1 is 1.20 bits per heavy atom. The molecule has 1 aliphatic rings. The van der Waals surface area contributed by atoms with Crippen LogP contribution in [0.2, 0.25) is 0 Å². The van der Waals surface area contributed by atoms with Gasteiger partial charge in [0.05, 0.1) is 12.3 Å². The van der Waals surface area contributed by atoms with Crippen LogP contribution in [0.5, 0.6) is 0 Å². The summed E-state index contributed by atoms with van der Waals surface area (Å²) in [4.78, 5) is 4.82. The molecule has 20 heavy (non-hydrogen) atoms. The Bertz CT molecular complexity index is 577. The van der Waals surface area contributed by atoms with E-state index in [4.69, 9.17) is 4.98 Å². The first-order valence-electron chi connectivity index (χ1n) is 7.24. The molecule has 2 heterocycles. The van der Waals surface area contributed by atoms with Gasteiger partial charge in [0.25, 0.3) is 0 Å². The van der Waals surface area contributed by atoms with Crippen molar-refractivity contribution in [3.63, 3.8) is 0 Å². The molecule has 0 saturated carbocycles. The maximum absolute atomic E-state index is 9.24. The third kappa shape index (κ3) is 2.89. The molecule has 1 aromatic carbocycles. The highest BCUT2D eigenvalue weighted by Crippen LogP contribution is 2.25. The van der Waals surface area contributed by atoms with Crippen LogP contribution >= 0.6 is 0 Å². The molecule has 1 saturated heterocycles. The summed E-state index contributed by atoms with van der Waals surface area (Å²) in [7, 11) is 0. The van der Waals surface area contributed by atoms with Crippen molar-refractivity contribution >= 4 is 0 Å². The number of piperidine rings is 1. The van der Waals surface area contributed by atoms with E-state index in [9.17, 15) is 5.11 Å². The van der Waals surface area contributed by atoms with Crippen LogP contribution in [0.25, 0.3) is 11.3 Å². The third-order valence-electron chi connectivity index (χ3n) is 3.89. The molecule has 0 radical (unpaired) electrons. The van der Waals surface area contributed by atoms with Crippen LogP contribution in [-0.4, -0.2) is 23.2 Å². The lowest BCUT2D eigenvalue weighted by molar-refractivity contribution is 0.282. The molecule has 2 N–H and O–H groups in total. The molecule has 0 bridgehead atoms. The zero-order chi connectivity index (χ0) is 13.8. The largest absolute Gasteiger partial charge is 0.392 e. The molecule has 0 amide bonds. The predicted octanol–water partition coefficient (Wildman–Crippen LogP) is 2.71. The first-order valence-corrected chi connectivity index (χ1v) is 7.24. The fourth-order valence-electron chi connectivity index (χ4n) is 2.77. The van der Waals surface area contributed by atoms with Gasteiger partial charge in [-0.3, -0.25) is 4.98 Å². The van der Waals surface area contributed by atoms with Crippen molar-refractivity contribution in [3.05, 3.63) is 53.7 Å². The van der Waals surface area contributed by atoms with Gasteiger partial charge in [0.2, 0.25) is 0 Å². The van der Waals surface area contributed by atoms with Crippen molar-refractivity contribution in [2.24, 2.45) is 0 Å². The summed E-state index contributed by atoms with van der Waals surface area (Å²) in [6.07, 6.45) is 2.43. The Morgan fingerprint density at radius 3 is 2.90 bits per heavy atom. The van der Waals surface area contributed by atoms with Gasteiger partial charge < -0.3 is 10.4 Å². The Morgan fingerprint density at radius 2 is 2.10 bits per heavy atom. The first kappa shape index (κ1) is 13.3. The van der Waals surface area contributed by atoms with Gasteiger partial charge in [-0.05, 0) is 43.1 Å². The van der Waals surface area contributed by atoms with E-state index in [1.807, 2.05) is 30.3 Å². The number of hydrogen-bond donors (Lipinski definition) is 2. The molecule has 1 unspecified atom stereocenters. The summed E-state index contributed by atoms with van der Waals surface area (Å²) in [6, 6.07) is 14.2.